The van der Waals surface area contributed by atoms with E-state index >= 15 is 0 Å². The van der Waals surface area contributed by atoms with Crippen molar-refractivity contribution < 1.29 is 18.0 Å². The van der Waals surface area contributed by atoms with Gasteiger partial charge < -0.3 is 11.1 Å². The summed E-state index contributed by atoms with van der Waals surface area (Å²) >= 11 is 0. The van der Waals surface area contributed by atoms with Gasteiger partial charge in [-0.3, -0.25) is 4.79 Å². The highest BCUT2D eigenvalue weighted by Crippen LogP contribution is 2.27. The lowest BCUT2D eigenvalue weighted by Crippen LogP contribution is -2.29. The molecule has 1 amide bonds. The van der Waals surface area contributed by atoms with E-state index in [2.05, 4.69) is 20.4 Å². The number of nitrogens with two attached hydrogens (primary N) is 1. The fraction of sp³-hybridized carbons (Fsp3) is 0.385. The number of hydrogen-bond acceptors (Lipinski definition) is 5. The molecule has 0 aliphatic rings. The minimum atomic E-state index is -4.56. The van der Waals surface area contributed by atoms with Crippen LogP contribution in [-0.2, 0) is 24.1 Å². The van der Waals surface area contributed by atoms with Crippen LogP contribution in [0.5, 0.6) is 0 Å². The molecule has 124 valence electrons. The van der Waals surface area contributed by atoms with Gasteiger partial charge in [0.2, 0.25) is 5.91 Å². The number of rotatable bonds is 4. The number of anilines is 1. The zero-order valence-corrected chi connectivity index (χ0v) is 12.5. The van der Waals surface area contributed by atoms with Crippen molar-refractivity contribution in [1.82, 2.24) is 25.1 Å². The van der Waals surface area contributed by atoms with Crippen molar-refractivity contribution in [2.45, 2.75) is 33.1 Å². The van der Waals surface area contributed by atoms with Crippen molar-refractivity contribution in [3.05, 3.63) is 35.0 Å². The number of carbonyl (C=O) groups excluding carboxylic acids is 1. The van der Waals surface area contributed by atoms with Gasteiger partial charge in [-0.15, -0.1) is 0 Å². The van der Waals surface area contributed by atoms with Crippen molar-refractivity contribution >= 4 is 11.7 Å². The van der Waals surface area contributed by atoms with E-state index in [0.717, 1.165) is 6.07 Å². The second-order valence-corrected chi connectivity index (χ2v) is 4.95. The van der Waals surface area contributed by atoms with Crippen molar-refractivity contribution in [3.63, 3.8) is 0 Å². The number of aromatic nitrogens is 4. The van der Waals surface area contributed by atoms with Gasteiger partial charge in [0.1, 0.15) is 23.9 Å². The molecular formula is C13H15F3N6O. The molecule has 0 fully saturated rings. The summed E-state index contributed by atoms with van der Waals surface area (Å²) in [6, 6.07) is 2.45. The molecule has 0 aliphatic carbocycles. The molecule has 0 radical (unpaired) electrons. The molecule has 0 atom stereocenters. The molecule has 2 aromatic heterocycles. The second kappa shape index (κ2) is 6.23. The molecule has 0 bridgehead atoms. The summed E-state index contributed by atoms with van der Waals surface area (Å²) in [6.07, 6.45) is -4.56. The fourth-order valence-corrected chi connectivity index (χ4v) is 1.92. The first-order valence-electron chi connectivity index (χ1n) is 6.63. The lowest BCUT2D eigenvalue weighted by Gasteiger charge is -2.10. The van der Waals surface area contributed by atoms with Crippen LogP contribution >= 0.6 is 0 Å². The first-order valence-corrected chi connectivity index (χ1v) is 6.63. The zero-order chi connectivity index (χ0) is 17.2. The topological polar surface area (TPSA) is 98.7 Å². The molecule has 0 unspecified atom stereocenters. The standard InChI is InChI=1S/C13H15F3N6O/c1-7-3-9(13(14,15)16)20-11(19-7)5-18-12(23)6-22-10(17)4-8(2)21-22/h3-4H,5-6,17H2,1-2H3,(H,18,23). The van der Waals surface area contributed by atoms with E-state index in [0.29, 0.717) is 11.5 Å². The normalized spacial score (nSPS) is 11.5. The highest BCUT2D eigenvalue weighted by Gasteiger charge is 2.33. The number of nitrogen functional groups attached to an aromatic ring is 1. The van der Waals surface area contributed by atoms with Gasteiger partial charge in [-0.2, -0.15) is 18.3 Å². The van der Waals surface area contributed by atoms with E-state index in [1.807, 2.05) is 0 Å². The SMILES string of the molecule is Cc1cc(C(F)(F)F)nc(CNC(=O)Cn2nc(C)cc2N)n1. The molecule has 3 N–H and O–H groups in total. The number of nitrogens with one attached hydrogen (secondary N) is 1. The molecular weight excluding hydrogens is 313 g/mol. The third kappa shape index (κ3) is 4.41. The maximum absolute atomic E-state index is 12.7. The van der Waals surface area contributed by atoms with Gasteiger partial charge in [0.05, 0.1) is 12.2 Å². The van der Waals surface area contributed by atoms with Gasteiger partial charge in [0.15, 0.2) is 0 Å². The summed E-state index contributed by atoms with van der Waals surface area (Å²) in [6.45, 7) is 2.79. The monoisotopic (exact) mass is 328 g/mol. The highest BCUT2D eigenvalue weighted by molar-refractivity contribution is 5.75. The Bertz CT molecular complexity index is 725. The predicted octanol–water partition coefficient (Wildman–Crippen LogP) is 1.21. The smallest absolute Gasteiger partial charge is 0.384 e. The van der Waals surface area contributed by atoms with Crippen LogP contribution < -0.4 is 11.1 Å². The quantitative estimate of drug-likeness (QED) is 0.879. The summed E-state index contributed by atoms with van der Waals surface area (Å²) in [4.78, 5) is 19.1. The van der Waals surface area contributed by atoms with Crippen LogP contribution in [0.25, 0.3) is 0 Å². The van der Waals surface area contributed by atoms with Gasteiger partial charge in [-0.25, -0.2) is 14.6 Å². The van der Waals surface area contributed by atoms with E-state index in [9.17, 15) is 18.0 Å². The Hall–Kier alpha value is -2.65. The Kier molecular flexibility index (Phi) is 4.52. The molecule has 0 spiro atoms. The third-order valence-electron chi connectivity index (χ3n) is 2.86. The minimum Gasteiger partial charge on any atom is -0.384 e. The van der Waals surface area contributed by atoms with Crippen molar-refractivity contribution in [2.75, 3.05) is 5.73 Å². The number of halogens is 3. The molecule has 7 nitrogen and oxygen atoms in total. The van der Waals surface area contributed by atoms with Gasteiger partial charge in [-0.1, -0.05) is 0 Å². The zero-order valence-electron chi connectivity index (χ0n) is 12.5. The fourth-order valence-electron chi connectivity index (χ4n) is 1.92. The molecule has 2 rings (SSSR count). The molecule has 0 saturated heterocycles. The van der Waals surface area contributed by atoms with E-state index in [1.165, 1.54) is 11.6 Å². The van der Waals surface area contributed by atoms with E-state index < -0.39 is 17.8 Å². The van der Waals surface area contributed by atoms with Crippen LogP contribution in [0, 0.1) is 13.8 Å². The Morgan fingerprint density at radius 3 is 2.52 bits per heavy atom. The number of aryl methyl sites for hydroxylation is 2. The highest BCUT2D eigenvalue weighted by atomic mass is 19.4. The van der Waals surface area contributed by atoms with Gasteiger partial charge >= 0.3 is 6.18 Å². The largest absolute Gasteiger partial charge is 0.433 e. The first-order chi connectivity index (χ1) is 10.6. The minimum absolute atomic E-state index is 0.115. The Morgan fingerprint density at radius 2 is 1.96 bits per heavy atom. The van der Waals surface area contributed by atoms with Gasteiger partial charge in [0.25, 0.3) is 0 Å². The number of hydrogen-bond donors (Lipinski definition) is 2. The maximum Gasteiger partial charge on any atom is 0.433 e. The summed E-state index contributed by atoms with van der Waals surface area (Å²) in [5.41, 5.74) is 5.44. The molecule has 0 aliphatic heterocycles. The molecule has 2 aromatic rings. The van der Waals surface area contributed by atoms with Crippen molar-refractivity contribution in [2.24, 2.45) is 0 Å². The lowest BCUT2D eigenvalue weighted by atomic mass is 10.3. The molecule has 10 heteroatoms. The summed E-state index contributed by atoms with van der Waals surface area (Å²) in [5.74, 6) is -0.252. The number of amides is 1. The predicted molar refractivity (Wildman–Crippen MR) is 75.0 cm³/mol. The third-order valence-corrected chi connectivity index (χ3v) is 2.86. The average Bonchev–Trinajstić information content (AvgIpc) is 2.73. The lowest BCUT2D eigenvalue weighted by molar-refractivity contribution is -0.141. The maximum atomic E-state index is 12.7. The van der Waals surface area contributed by atoms with Crippen molar-refractivity contribution in [3.8, 4) is 0 Å². The second-order valence-electron chi connectivity index (χ2n) is 4.95. The average molecular weight is 328 g/mol. The number of carbonyl (C=O) groups is 1. The van der Waals surface area contributed by atoms with E-state index in [-0.39, 0.29) is 24.6 Å². The molecule has 2 heterocycles. The molecule has 23 heavy (non-hydrogen) atoms. The molecule has 0 saturated carbocycles. The number of nitrogens with zero attached hydrogens (tertiary/aromatic N) is 4. The Morgan fingerprint density at radius 1 is 1.26 bits per heavy atom. The van der Waals surface area contributed by atoms with Gasteiger partial charge in [-0.05, 0) is 19.9 Å². The van der Waals surface area contributed by atoms with Gasteiger partial charge in [0, 0.05) is 11.8 Å². The van der Waals surface area contributed by atoms with Crippen LogP contribution in [0.15, 0.2) is 12.1 Å². The van der Waals surface area contributed by atoms with Crippen LogP contribution in [0.2, 0.25) is 0 Å². The van der Waals surface area contributed by atoms with Crippen LogP contribution in [0.3, 0.4) is 0 Å². The Labute approximate surface area is 129 Å². The van der Waals surface area contributed by atoms with Crippen LogP contribution in [0.1, 0.15) is 22.9 Å². The van der Waals surface area contributed by atoms with Crippen molar-refractivity contribution in [1.29, 1.82) is 0 Å². The molecule has 0 aromatic carbocycles. The van der Waals surface area contributed by atoms with E-state index in [1.54, 1.807) is 13.0 Å². The first kappa shape index (κ1) is 16.7. The Balaban J connectivity index is 2.02. The summed E-state index contributed by atoms with van der Waals surface area (Å²) in [7, 11) is 0. The van der Waals surface area contributed by atoms with Crippen LogP contribution in [-0.4, -0.2) is 25.7 Å². The summed E-state index contributed by atoms with van der Waals surface area (Å²) < 4.78 is 39.3. The summed E-state index contributed by atoms with van der Waals surface area (Å²) in [5, 5.41) is 6.46. The van der Waals surface area contributed by atoms with Crippen LogP contribution in [0.4, 0.5) is 19.0 Å². The van der Waals surface area contributed by atoms with E-state index in [4.69, 9.17) is 5.73 Å². The number of alkyl halides is 3.